The first-order valence-electron chi connectivity index (χ1n) is 5.96. The van der Waals surface area contributed by atoms with Gasteiger partial charge in [-0.05, 0) is 12.1 Å². The van der Waals surface area contributed by atoms with Crippen molar-refractivity contribution in [3.05, 3.63) is 47.1 Å². The van der Waals surface area contributed by atoms with Crippen molar-refractivity contribution in [3.63, 3.8) is 0 Å². The number of fused-ring (bicyclic) bond motifs is 1. The summed E-state index contributed by atoms with van der Waals surface area (Å²) in [4.78, 5) is 12.6. The van der Waals surface area contributed by atoms with Crippen LogP contribution in [0.3, 0.4) is 0 Å². The van der Waals surface area contributed by atoms with E-state index in [0.29, 0.717) is 27.7 Å². The highest BCUT2D eigenvalue weighted by Crippen LogP contribution is 2.20. The van der Waals surface area contributed by atoms with Crippen molar-refractivity contribution < 1.29 is 4.39 Å². The zero-order chi connectivity index (χ0) is 14.1. The fourth-order valence-electron chi connectivity index (χ4n) is 1.87. The van der Waals surface area contributed by atoms with Gasteiger partial charge in [0.05, 0.1) is 12.5 Å². The van der Waals surface area contributed by atoms with E-state index in [2.05, 4.69) is 20.3 Å². The minimum atomic E-state index is -0.355. The maximum absolute atomic E-state index is 13.6. The molecule has 0 bridgehead atoms. The van der Waals surface area contributed by atoms with Crippen molar-refractivity contribution >= 4 is 28.7 Å². The number of hydrogen-bond donors (Lipinski definition) is 1. The van der Waals surface area contributed by atoms with E-state index in [1.165, 1.54) is 6.07 Å². The van der Waals surface area contributed by atoms with Crippen molar-refractivity contribution in [2.45, 2.75) is 6.54 Å². The SMILES string of the molecule is Cn1cnc2cnc(NCc3c(F)cccc3Cl)nc21. The fourth-order valence-corrected chi connectivity index (χ4v) is 2.10. The van der Waals surface area contributed by atoms with Gasteiger partial charge in [0.25, 0.3) is 0 Å². The van der Waals surface area contributed by atoms with E-state index >= 15 is 0 Å². The Hall–Kier alpha value is -2.21. The predicted octanol–water partition coefficient (Wildman–Crippen LogP) is 2.77. The number of halogens is 2. The number of rotatable bonds is 3. The number of anilines is 1. The molecule has 0 aliphatic carbocycles. The summed E-state index contributed by atoms with van der Waals surface area (Å²) < 4.78 is 15.4. The van der Waals surface area contributed by atoms with Gasteiger partial charge in [0.2, 0.25) is 5.95 Å². The highest BCUT2D eigenvalue weighted by atomic mass is 35.5. The van der Waals surface area contributed by atoms with Gasteiger partial charge in [-0.15, -0.1) is 0 Å². The van der Waals surface area contributed by atoms with Crippen LogP contribution in [0.2, 0.25) is 5.02 Å². The summed E-state index contributed by atoms with van der Waals surface area (Å²) in [6.45, 7) is 0.217. The molecule has 3 rings (SSSR count). The van der Waals surface area contributed by atoms with Gasteiger partial charge in [-0.2, -0.15) is 4.98 Å². The lowest BCUT2D eigenvalue weighted by atomic mass is 10.2. The van der Waals surface area contributed by atoms with Crippen molar-refractivity contribution in [1.82, 2.24) is 19.5 Å². The Balaban J connectivity index is 1.85. The Bertz CT molecular complexity index is 750. The van der Waals surface area contributed by atoms with Crippen molar-refractivity contribution in [2.75, 3.05) is 5.32 Å². The number of nitrogens with one attached hydrogen (secondary N) is 1. The molecule has 20 heavy (non-hydrogen) atoms. The highest BCUT2D eigenvalue weighted by molar-refractivity contribution is 6.31. The molecule has 0 spiro atoms. The first kappa shape index (κ1) is 12.8. The van der Waals surface area contributed by atoms with Crippen LogP contribution in [0.4, 0.5) is 10.3 Å². The zero-order valence-corrected chi connectivity index (χ0v) is 11.4. The quantitative estimate of drug-likeness (QED) is 0.806. The largest absolute Gasteiger partial charge is 0.350 e. The maximum atomic E-state index is 13.6. The molecular weight excluding hydrogens is 281 g/mol. The fraction of sp³-hybridized carbons (Fsp3) is 0.154. The van der Waals surface area contributed by atoms with E-state index in [-0.39, 0.29) is 12.4 Å². The lowest BCUT2D eigenvalue weighted by Crippen LogP contribution is -2.06. The second-order valence-electron chi connectivity index (χ2n) is 4.31. The van der Waals surface area contributed by atoms with E-state index in [1.54, 1.807) is 29.2 Å². The molecule has 2 heterocycles. The van der Waals surface area contributed by atoms with Gasteiger partial charge in [-0.1, -0.05) is 17.7 Å². The predicted molar refractivity (Wildman–Crippen MR) is 75.0 cm³/mol. The van der Waals surface area contributed by atoms with Gasteiger partial charge in [-0.3, -0.25) is 0 Å². The lowest BCUT2D eigenvalue weighted by Gasteiger charge is -2.07. The molecule has 0 radical (unpaired) electrons. The molecular formula is C13H11ClFN5. The Morgan fingerprint density at radius 1 is 1.35 bits per heavy atom. The highest BCUT2D eigenvalue weighted by Gasteiger charge is 2.08. The van der Waals surface area contributed by atoms with Crippen LogP contribution in [0.25, 0.3) is 11.2 Å². The summed E-state index contributed by atoms with van der Waals surface area (Å²) in [6, 6.07) is 4.58. The third-order valence-electron chi connectivity index (χ3n) is 2.94. The Morgan fingerprint density at radius 3 is 3.00 bits per heavy atom. The van der Waals surface area contributed by atoms with Gasteiger partial charge in [0.15, 0.2) is 5.65 Å². The van der Waals surface area contributed by atoms with Gasteiger partial charge in [0.1, 0.15) is 11.3 Å². The monoisotopic (exact) mass is 291 g/mol. The first-order chi connectivity index (χ1) is 9.65. The summed E-state index contributed by atoms with van der Waals surface area (Å²) in [5.74, 6) is 0.0482. The van der Waals surface area contributed by atoms with E-state index in [0.717, 1.165) is 0 Å². The van der Waals surface area contributed by atoms with Crippen molar-refractivity contribution in [3.8, 4) is 0 Å². The molecule has 1 N–H and O–H groups in total. The summed E-state index contributed by atoms with van der Waals surface area (Å²) in [7, 11) is 1.85. The molecule has 2 aromatic heterocycles. The number of benzene rings is 1. The minimum Gasteiger partial charge on any atom is -0.350 e. The smallest absolute Gasteiger partial charge is 0.225 e. The molecule has 0 amide bonds. The number of aromatic nitrogens is 4. The van der Waals surface area contributed by atoms with Crippen LogP contribution >= 0.6 is 11.6 Å². The molecule has 0 aliphatic heterocycles. The second-order valence-corrected chi connectivity index (χ2v) is 4.72. The number of aryl methyl sites for hydroxylation is 1. The molecule has 5 nitrogen and oxygen atoms in total. The third-order valence-corrected chi connectivity index (χ3v) is 3.29. The minimum absolute atomic E-state index is 0.217. The lowest BCUT2D eigenvalue weighted by molar-refractivity contribution is 0.613. The van der Waals surface area contributed by atoms with Crippen LogP contribution < -0.4 is 5.32 Å². The van der Waals surface area contributed by atoms with Gasteiger partial charge < -0.3 is 9.88 Å². The van der Waals surface area contributed by atoms with E-state index in [9.17, 15) is 4.39 Å². The standard InChI is InChI=1S/C13H11ClFN5/c1-20-7-18-11-6-17-13(19-12(11)20)16-5-8-9(14)3-2-4-10(8)15/h2-4,6-7H,5H2,1H3,(H,16,17,19). The third kappa shape index (κ3) is 2.30. The van der Waals surface area contributed by atoms with Gasteiger partial charge >= 0.3 is 0 Å². The second kappa shape index (κ2) is 5.05. The Kier molecular flexibility index (Phi) is 3.23. The van der Waals surface area contributed by atoms with Crippen LogP contribution in [-0.4, -0.2) is 19.5 Å². The molecule has 0 saturated carbocycles. The summed E-state index contributed by atoms with van der Waals surface area (Å²) in [5, 5.41) is 3.34. The molecule has 0 aliphatic rings. The average Bonchev–Trinajstić information content (AvgIpc) is 2.80. The molecule has 0 saturated heterocycles. The molecule has 1 aromatic carbocycles. The molecule has 102 valence electrons. The summed E-state index contributed by atoms with van der Waals surface area (Å²) >= 11 is 5.96. The van der Waals surface area contributed by atoms with Gasteiger partial charge in [-0.25, -0.2) is 14.4 Å². The summed E-state index contributed by atoms with van der Waals surface area (Å²) in [6.07, 6.45) is 3.28. The van der Waals surface area contributed by atoms with Crippen LogP contribution in [0.5, 0.6) is 0 Å². The van der Waals surface area contributed by atoms with E-state index < -0.39 is 0 Å². The Labute approximate surface area is 119 Å². The average molecular weight is 292 g/mol. The molecule has 0 fully saturated rings. The molecule has 3 aromatic rings. The zero-order valence-electron chi connectivity index (χ0n) is 10.6. The van der Waals surface area contributed by atoms with E-state index in [1.807, 2.05) is 7.05 Å². The Morgan fingerprint density at radius 2 is 2.20 bits per heavy atom. The molecule has 0 unspecified atom stereocenters. The van der Waals surface area contributed by atoms with E-state index in [4.69, 9.17) is 11.6 Å². The van der Waals surface area contributed by atoms with Crippen molar-refractivity contribution in [1.29, 1.82) is 0 Å². The normalized spacial score (nSPS) is 10.9. The number of nitrogens with zero attached hydrogens (tertiary/aromatic N) is 4. The van der Waals surface area contributed by atoms with Crippen LogP contribution in [-0.2, 0) is 13.6 Å². The number of imidazole rings is 1. The molecule has 7 heteroatoms. The van der Waals surface area contributed by atoms with Crippen LogP contribution in [0, 0.1) is 5.82 Å². The first-order valence-corrected chi connectivity index (χ1v) is 6.34. The molecule has 0 atom stereocenters. The summed E-state index contributed by atoms with van der Waals surface area (Å²) in [5.41, 5.74) is 1.81. The van der Waals surface area contributed by atoms with Crippen LogP contribution in [0.15, 0.2) is 30.7 Å². The topological polar surface area (TPSA) is 55.6 Å². The maximum Gasteiger partial charge on any atom is 0.225 e. The van der Waals surface area contributed by atoms with Crippen LogP contribution in [0.1, 0.15) is 5.56 Å². The number of hydrogen-bond acceptors (Lipinski definition) is 4. The van der Waals surface area contributed by atoms with Gasteiger partial charge in [0, 0.05) is 24.2 Å². The van der Waals surface area contributed by atoms with Crippen molar-refractivity contribution in [2.24, 2.45) is 7.05 Å².